The molecule has 16 nitrogen and oxygen atoms in total. The second-order valence-corrected chi connectivity index (χ2v) is 20.3. The van der Waals surface area contributed by atoms with E-state index in [0.717, 1.165) is 50.7 Å². The van der Waals surface area contributed by atoms with Crippen molar-refractivity contribution in [3.8, 4) is 0 Å². The number of rotatable bonds is 6. The van der Waals surface area contributed by atoms with Crippen LogP contribution in [0.3, 0.4) is 0 Å². The second kappa shape index (κ2) is 16.0. The highest BCUT2D eigenvalue weighted by molar-refractivity contribution is 5.28. The van der Waals surface area contributed by atoms with Crippen molar-refractivity contribution >= 4 is 0 Å². The third-order valence-corrected chi connectivity index (χ3v) is 17.0. The van der Waals surface area contributed by atoms with Crippen molar-refractivity contribution in [1.82, 2.24) is 0 Å². The molecular weight excluding hydrogens is 772 g/mol. The lowest BCUT2D eigenvalue weighted by Crippen LogP contribution is -2.64. The SMILES string of the molecule is C[C@@H]1CC[C@@]2(OC1)O[C@H]1C[C@H]3[C@@H]4CC=C5C[C@@H](O[C@@H]6OC[C@H](O)[C@H](O[C@@H]7OC[C@@H](O)[C@H](O)[C@H]7O)[C@H]6O[C@@H]6O[C@@H](C)[C@H](O)[C@@H](O)[C@H]6O)C[C@@H](O)[C@]5(C)[C@H]4CC[C@]3(C)[C@H]1[C@@H]2C. The Labute approximate surface area is 346 Å². The summed E-state index contributed by atoms with van der Waals surface area (Å²) in [5.41, 5.74) is 0.806. The minimum atomic E-state index is -1.70. The molecule has 25 atom stereocenters. The van der Waals surface area contributed by atoms with E-state index in [9.17, 15) is 40.9 Å². The minimum absolute atomic E-state index is 0.128. The van der Waals surface area contributed by atoms with E-state index >= 15 is 0 Å². The molecule has 336 valence electrons. The van der Waals surface area contributed by atoms with Crippen molar-refractivity contribution in [2.24, 2.45) is 46.3 Å². The van der Waals surface area contributed by atoms with Crippen LogP contribution in [-0.4, -0.2) is 165 Å². The van der Waals surface area contributed by atoms with Crippen LogP contribution in [0.5, 0.6) is 0 Å². The fourth-order valence-corrected chi connectivity index (χ4v) is 13.5. The normalized spacial score (nSPS) is 58.7. The van der Waals surface area contributed by atoms with Gasteiger partial charge in [-0.3, -0.25) is 0 Å². The first kappa shape index (κ1) is 43.4. The number of fused-ring (bicyclic) bond motifs is 7. The summed E-state index contributed by atoms with van der Waals surface area (Å²) in [6.07, 6.45) is -10.5. The van der Waals surface area contributed by atoms with Crippen LogP contribution in [0.2, 0.25) is 0 Å². The summed E-state index contributed by atoms with van der Waals surface area (Å²) in [5.74, 6) is 2.02. The van der Waals surface area contributed by atoms with Gasteiger partial charge in [0.05, 0.1) is 44.2 Å². The van der Waals surface area contributed by atoms with Crippen LogP contribution >= 0.6 is 0 Å². The topological polar surface area (TPSA) is 236 Å². The van der Waals surface area contributed by atoms with Gasteiger partial charge in [-0.2, -0.15) is 0 Å². The van der Waals surface area contributed by atoms with Crippen molar-refractivity contribution < 1.29 is 78.7 Å². The summed E-state index contributed by atoms with van der Waals surface area (Å²) in [4.78, 5) is 0. The Kier molecular flexibility index (Phi) is 11.7. The number of hydrogen-bond acceptors (Lipinski definition) is 16. The molecule has 59 heavy (non-hydrogen) atoms. The average Bonchev–Trinajstić information content (AvgIpc) is 3.65. The maximum atomic E-state index is 12.2. The lowest BCUT2D eigenvalue weighted by atomic mass is 9.46. The summed E-state index contributed by atoms with van der Waals surface area (Å²) in [7, 11) is 0. The van der Waals surface area contributed by atoms with Crippen LogP contribution in [0.15, 0.2) is 11.6 Å². The average molecular weight is 841 g/mol. The van der Waals surface area contributed by atoms with E-state index in [1.165, 1.54) is 6.92 Å². The van der Waals surface area contributed by atoms with Gasteiger partial charge in [-0.1, -0.05) is 39.3 Å². The molecular formula is C43H68O16. The van der Waals surface area contributed by atoms with Crippen molar-refractivity contribution in [2.45, 2.75) is 190 Å². The molecule has 9 aliphatic rings. The smallest absolute Gasteiger partial charge is 0.187 e. The summed E-state index contributed by atoms with van der Waals surface area (Å²) in [6.45, 7) is 10.9. The summed E-state index contributed by atoms with van der Waals surface area (Å²) < 4.78 is 49.7. The van der Waals surface area contributed by atoms with E-state index < -0.39 is 103 Å². The number of ether oxygens (including phenoxy) is 8. The molecule has 0 aromatic heterocycles. The lowest BCUT2D eigenvalue weighted by molar-refractivity contribution is -0.379. The van der Waals surface area contributed by atoms with E-state index in [1.807, 2.05) is 0 Å². The zero-order chi connectivity index (χ0) is 41.9. The first-order valence-corrected chi connectivity index (χ1v) is 22.3. The quantitative estimate of drug-likeness (QED) is 0.170. The molecule has 1 spiro atoms. The molecule has 0 amide bonds. The van der Waals surface area contributed by atoms with E-state index in [-0.39, 0.29) is 30.7 Å². The molecule has 8 N–H and O–H groups in total. The summed E-state index contributed by atoms with van der Waals surface area (Å²) >= 11 is 0. The molecule has 5 heterocycles. The van der Waals surface area contributed by atoms with E-state index in [4.69, 9.17) is 37.9 Å². The molecule has 0 radical (unpaired) electrons. The number of allylic oxidation sites excluding steroid dienone is 1. The number of aliphatic hydroxyl groups excluding tert-OH is 8. The third kappa shape index (κ3) is 7.02. The molecule has 0 unspecified atom stereocenters. The van der Waals surface area contributed by atoms with Gasteiger partial charge in [0.15, 0.2) is 24.7 Å². The maximum Gasteiger partial charge on any atom is 0.187 e. The molecule has 0 aromatic carbocycles. The molecule has 5 saturated heterocycles. The maximum absolute atomic E-state index is 12.2. The highest BCUT2D eigenvalue weighted by Crippen LogP contribution is 2.70. The Balaban J connectivity index is 0.927. The van der Waals surface area contributed by atoms with Gasteiger partial charge in [-0.25, -0.2) is 0 Å². The molecule has 0 aromatic rings. The lowest BCUT2D eigenvalue weighted by Gasteiger charge is -2.60. The number of hydrogen-bond donors (Lipinski definition) is 8. The highest BCUT2D eigenvalue weighted by Gasteiger charge is 2.69. The predicted molar refractivity (Wildman–Crippen MR) is 204 cm³/mol. The first-order valence-electron chi connectivity index (χ1n) is 22.3. The van der Waals surface area contributed by atoms with Crippen LogP contribution in [0.25, 0.3) is 0 Å². The van der Waals surface area contributed by atoms with E-state index in [1.54, 1.807) is 0 Å². The predicted octanol–water partition coefficient (Wildman–Crippen LogP) is 0.463. The van der Waals surface area contributed by atoms with Gasteiger partial charge in [0, 0.05) is 24.2 Å². The van der Waals surface area contributed by atoms with Crippen molar-refractivity contribution in [1.29, 1.82) is 0 Å². The Morgan fingerprint density at radius 2 is 1.41 bits per heavy atom. The zero-order valence-corrected chi connectivity index (χ0v) is 34.9. The Morgan fingerprint density at radius 1 is 0.695 bits per heavy atom. The fourth-order valence-electron chi connectivity index (χ4n) is 13.5. The van der Waals surface area contributed by atoms with Gasteiger partial charge in [-0.05, 0) is 80.5 Å². The van der Waals surface area contributed by atoms with Crippen LogP contribution in [0.4, 0.5) is 0 Å². The van der Waals surface area contributed by atoms with Crippen LogP contribution in [0.1, 0.15) is 86.0 Å². The Bertz CT molecular complexity index is 1540. The van der Waals surface area contributed by atoms with Crippen molar-refractivity contribution in [3.05, 3.63) is 11.6 Å². The van der Waals surface area contributed by atoms with Crippen LogP contribution < -0.4 is 0 Å². The van der Waals surface area contributed by atoms with Gasteiger partial charge >= 0.3 is 0 Å². The molecule has 0 bridgehead atoms. The standard InChI is InChI=1S/C43H68O16/c1-18-8-11-43(54-15-18)19(2)30-28(59-43)14-25-23-7-6-21-12-22(13-29(46)42(21,5)24(23)9-10-41(25,30)4)56-40-37(58-39-35(51)33(49)31(47)20(3)55-39)36(27(45)17-53-40)57-38-34(50)32(48)26(44)16-52-38/h6,18-20,22-40,44-51H,7-17H2,1-5H3/t18-,19+,20+,22-,23-,24+,25+,26-,27+,28+,29-,30+,31+,32+,33-,34-,35-,36+,37-,38+,39+,40+,41+,42+,43-/m1/s1. The minimum Gasteiger partial charge on any atom is -0.392 e. The van der Waals surface area contributed by atoms with Gasteiger partial charge in [0.2, 0.25) is 0 Å². The molecule has 5 aliphatic heterocycles. The van der Waals surface area contributed by atoms with Gasteiger partial charge in [0.25, 0.3) is 0 Å². The van der Waals surface area contributed by atoms with Gasteiger partial charge in [-0.15, -0.1) is 0 Å². The largest absolute Gasteiger partial charge is 0.392 e. The second-order valence-electron chi connectivity index (χ2n) is 20.3. The Morgan fingerprint density at radius 3 is 2.15 bits per heavy atom. The molecule has 16 heteroatoms. The molecule has 4 aliphatic carbocycles. The molecule has 3 saturated carbocycles. The molecule has 9 rings (SSSR count). The van der Waals surface area contributed by atoms with Crippen LogP contribution in [0, 0.1) is 46.3 Å². The third-order valence-electron chi connectivity index (χ3n) is 17.0. The molecule has 8 fully saturated rings. The fraction of sp³-hybridized carbons (Fsp3) is 0.953. The van der Waals surface area contributed by atoms with Crippen LogP contribution in [-0.2, 0) is 37.9 Å². The Hall–Kier alpha value is -0.900. The van der Waals surface area contributed by atoms with E-state index in [2.05, 4.69) is 33.8 Å². The van der Waals surface area contributed by atoms with Gasteiger partial charge in [0.1, 0.15) is 54.9 Å². The zero-order valence-electron chi connectivity index (χ0n) is 34.9. The van der Waals surface area contributed by atoms with Gasteiger partial charge < -0.3 is 78.7 Å². The highest BCUT2D eigenvalue weighted by atomic mass is 16.8. The van der Waals surface area contributed by atoms with Crippen molar-refractivity contribution in [3.63, 3.8) is 0 Å². The van der Waals surface area contributed by atoms with E-state index in [0.29, 0.717) is 42.4 Å². The summed E-state index contributed by atoms with van der Waals surface area (Å²) in [6, 6.07) is 0. The van der Waals surface area contributed by atoms with Crippen molar-refractivity contribution in [2.75, 3.05) is 19.8 Å². The monoisotopic (exact) mass is 840 g/mol. The number of aliphatic hydroxyl groups is 8. The first-order chi connectivity index (χ1) is 28.0. The summed E-state index contributed by atoms with van der Waals surface area (Å²) in [5, 5.41) is 86.4.